The van der Waals surface area contributed by atoms with E-state index in [1.54, 1.807) is 18.9 Å². The van der Waals surface area contributed by atoms with Gasteiger partial charge in [-0.25, -0.2) is 0 Å². The number of carbonyl (C=O) groups excluding carboxylic acids is 1. The fourth-order valence-corrected chi connectivity index (χ4v) is 1.70. The topological polar surface area (TPSA) is 41.6 Å². The summed E-state index contributed by atoms with van der Waals surface area (Å²) in [4.78, 5) is 12.9. The van der Waals surface area contributed by atoms with Crippen LogP contribution in [0, 0.1) is 17.8 Å². The van der Waals surface area contributed by atoms with Crippen LogP contribution in [0.3, 0.4) is 0 Å². The van der Waals surface area contributed by atoms with Crippen molar-refractivity contribution in [3.63, 3.8) is 0 Å². The monoisotopic (exact) mass is 256 g/mol. The van der Waals surface area contributed by atoms with Gasteiger partial charge in [0.25, 0.3) is 5.91 Å². The second-order valence-electron chi connectivity index (χ2n) is 4.72. The minimum absolute atomic E-state index is 0. The summed E-state index contributed by atoms with van der Waals surface area (Å²) in [6, 6.07) is 0. The van der Waals surface area contributed by atoms with Gasteiger partial charge in [-0.05, 0) is 38.8 Å². The molecule has 1 fully saturated rings. The molecular formula is C14H28N2O2. The van der Waals surface area contributed by atoms with Crippen LogP contribution in [0.1, 0.15) is 28.6 Å². The number of hydrogen-bond donors (Lipinski definition) is 1. The highest BCUT2D eigenvalue weighted by Crippen LogP contribution is 2.11. The third kappa shape index (κ3) is 7.31. The third-order valence-electron chi connectivity index (χ3n) is 2.61. The van der Waals surface area contributed by atoms with Gasteiger partial charge in [-0.2, -0.15) is 0 Å². The zero-order valence-corrected chi connectivity index (χ0v) is 12.2. The Balaban J connectivity index is 0. The minimum Gasteiger partial charge on any atom is -0.380 e. The number of methoxy groups -OCH3 is 1. The van der Waals surface area contributed by atoms with Gasteiger partial charge in [0, 0.05) is 21.6 Å². The fraction of sp³-hybridized carbons (Fsp3) is 0.786. The van der Waals surface area contributed by atoms with E-state index in [0.717, 1.165) is 25.4 Å². The lowest BCUT2D eigenvalue weighted by Gasteiger charge is -2.11. The first kappa shape index (κ1) is 16.9. The molecule has 0 aliphatic carbocycles. The number of rotatable bonds is 3. The van der Waals surface area contributed by atoms with Gasteiger partial charge in [0.15, 0.2) is 0 Å². The molecule has 1 N–H and O–H groups in total. The van der Waals surface area contributed by atoms with Crippen molar-refractivity contribution in [3.8, 4) is 11.8 Å². The van der Waals surface area contributed by atoms with Crippen LogP contribution in [0.25, 0.3) is 0 Å². The molecule has 0 radical (unpaired) electrons. The molecule has 0 aromatic heterocycles. The zero-order chi connectivity index (χ0) is 14.0. The molecule has 1 amide bonds. The Morgan fingerprint density at radius 1 is 1.61 bits per heavy atom. The Morgan fingerprint density at radius 2 is 2.28 bits per heavy atom. The Morgan fingerprint density at radius 3 is 2.61 bits per heavy atom. The molecule has 4 heteroatoms. The lowest BCUT2D eigenvalue weighted by atomic mass is 10.2. The third-order valence-corrected chi connectivity index (χ3v) is 2.61. The van der Waals surface area contributed by atoms with Gasteiger partial charge in [0.2, 0.25) is 0 Å². The number of hydrogen-bond acceptors (Lipinski definition) is 3. The Hall–Kier alpha value is -1.05. The molecule has 1 atom stereocenters. The maximum absolute atomic E-state index is 11.2. The molecule has 1 heterocycles. The first-order chi connectivity index (χ1) is 8.54. The average Bonchev–Trinajstić information content (AvgIpc) is 2.78. The van der Waals surface area contributed by atoms with Gasteiger partial charge in [0.1, 0.15) is 0 Å². The lowest BCUT2D eigenvalue weighted by molar-refractivity contribution is -0.124. The number of carbonyl (C=O) groups is 1. The molecule has 106 valence electrons. The molecule has 4 nitrogen and oxygen atoms in total. The molecule has 0 aromatic carbocycles. The van der Waals surface area contributed by atoms with E-state index in [-0.39, 0.29) is 13.4 Å². The van der Waals surface area contributed by atoms with Crippen molar-refractivity contribution >= 4 is 5.91 Å². The van der Waals surface area contributed by atoms with Crippen LogP contribution in [0.15, 0.2) is 0 Å². The highest BCUT2D eigenvalue weighted by atomic mass is 16.5. The normalized spacial score (nSPS) is 17.9. The van der Waals surface area contributed by atoms with E-state index < -0.39 is 0 Å². The van der Waals surface area contributed by atoms with E-state index in [4.69, 9.17) is 4.74 Å². The van der Waals surface area contributed by atoms with Crippen molar-refractivity contribution < 1.29 is 11.0 Å². The quantitative estimate of drug-likeness (QED) is 0.775. The van der Waals surface area contributed by atoms with Gasteiger partial charge >= 0.3 is 0 Å². The largest absolute Gasteiger partial charge is 0.380 e. The van der Waals surface area contributed by atoms with Crippen molar-refractivity contribution in [2.75, 3.05) is 33.8 Å². The summed E-state index contributed by atoms with van der Waals surface area (Å²) in [7, 11) is 3.64. The summed E-state index contributed by atoms with van der Waals surface area (Å²) in [5.74, 6) is 5.81. The predicted octanol–water partition coefficient (Wildman–Crippen LogP) is 1.36. The first-order valence-electron chi connectivity index (χ1n) is 6.44. The van der Waals surface area contributed by atoms with Crippen molar-refractivity contribution in [2.24, 2.45) is 5.92 Å². The maximum Gasteiger partial charge on any atom is 0.298 e. The molecule has 0 aromatic rings. The van der Waals surface area contributed by atoms with Crippen LogP contribution in [0.4, 0.5) is 0 Å². The van der Waals surface area contributed by atoms with Crippen LogP contribution in [0.5, 0.6) is 0 Å². The molecule has 0 saturated carbocycles. The highest BCUT2D eigenvalue weighted by Gasteiger charge is 2.24. The summed E-state index contributed by atoms with van der Waals surface area (Å²) in [6.45, 7) is 8.63. The molecule has 1 aliphatic rings. The molecule has 18 heavy (non-hydrogen) atoms. The summed E-state index contributed by atoms with van der Waals surface area (Å²) < 4.78 is 5.13. The molecule has 1 saturated heterocycles. The van der Waals surface area contributed by atoms with E-state index in [1.165, 1.54) is 0 Å². The SMILES string of the molecule is CC#CC(=O)N1CC[C@H](OC)C1.CNCC(C)C.[HH]. The highest BCUT2D eigenvalue weighted by molar-refractivity contribution is 5.93. The molecule has 1 aliphatic heterocycles. The smallest absolute Gasteiger partial charge is 0.298 e. The first-order valence-corrected chi connectivity index (χ1v) is 6.44. The molecule has 0 unspecified atom stereocenters. The molecule has 1 rings (SSSR count). The summed E-state index contributed by atoms with van der Waals surface area (Å²) in [6.07, 6.45) is 1.13. The summed E-state index contributed by atoms with van der Waals surface area (Å²) >= 11 is 0. The van der Waals surface area contributed by atoms with Gasteiger partial charge in [-0.1, -0.05) is 19.8 Å². The van der Waals surface area contributed by atoms with E-state index in [1.807, 2.05) is 7.05 Å². The van der Waals surface area contributed by atoms with Gasteiger partial charge in [0.05, 0.1) is 6.10 Å². The summed E-state index contributed by atoms with van der Waals surface area (Å²) in [5, 5.41) is 3.07. The second kappa shape index (κ2) is 9.93. The number of ether oxygens (including phenoxy) is 1. The minimum atomic E-state index is -0.0861. The number of amides is 1. The number of nitrogens with zero attached hydrogens (tertiary/aromatic N) is 1. The molecular weight excluding hydrogens is 228 g/mol. The average molecular weight is 256 g/mol. The van der Waals surface area contributed by atoms with Crippen LogP contribution in [-0.4, -0.2) is 50.7 Å². The van der Waals surface area contributed by atoms with Crippen molar-refractivity contribution in [3.05, 3.63) is 0 Å². The van der Waals surface area contributed by atoms with Crippen LogP contribution in [-0.2, 0) is 9.53 Å². The van der Waals surface area contributed by atoms with Gasteiger partial charge < -0.3 is 15.0 Å². The standard InChI is InChI=1S/C9H13NO2.C5H13N.H2/c1-3-4-9(11)10-6-5-8(7-10)12-2;1-5(2)4-6-3;/h8H,5-7H2,1-2H3;5-6H,4H2,1-3H3;1H/t8-;;/m0../s1. The number of nitrogens with one attached hydrogen (secondary N) is 1. The summed E-state index contributed by atoms with van der Waals surface area (Å²) in [5.41, 5.74) is 0. The fourth-order valence-electron chi connectivity index (χ4n) is 1.70. The predicted molar refractivity (Wildman–Crippen MR) is 76.3 cm³/mol. The Labute approximate surface area is 113 Å². The zero-order valence-electron chi connectivity index (χ0n) is 12.2. The lowest BCUT2D eigenvalue weighted by Crippen LogP contribution is -2.28. The number of likely N-dealkylation sites (tertiary alicyclic amines) is 1. The molecule has 0 bridgehead atoms. The van der Waals surface area contributed by atoms with E-state index >= 15 is 0 Å². The van der Waals surface area contributed by atoms with Gasteiger partial charge in [-0.3, -0.25) is 4.79 Å². The van der Waals surface area contributed by atoms with E-state index in [9.17, 15) is 4.79 Å². The van der Waals surface area contributed by atoms with Crippen molar-refractivity contribution in [1.29, 1.82) is 0 Å². The molecule has 0 spiro atoms. The van der Waals surface area contributed by atoms with E-state index in [0.29, 0.717) is 6.54 Å². The van der Waals surface area contributed by atoms with E-state index in [2.05, 4.69) is 31.0 Å². The van der Waals surface area contributed by atoms with Crippen LogP contribution in [0.2, 0.25) is 0 Å². The van der Waals surface area contributed by atoms with Crippen molar-refractivity contribution in [1.82, 2.24) is 10.2 Å². The van der Waals surface area contributed by atoms with Gasteiger partial charge in [-0.15, -0.1) is 0 Å². The Bertz CT molecular complexity index is 298. The van der Waals surface area contributed by atoms with Crippen LogP contribution < -0.4 is 5.32 Å². The second-order valence-corrected chi connectivity index (χ2v) is 4.72. The van der Waals surface area contributed by atoms with Crippen LogP contribution >= 0.6 is 0 Å². The maximum atomic E-state index is 11.2. The van der Waals surface area contributed by atoms with Crippen molar-refractivity contribution in [2.45, 2.75) is 33.3 Å². The Kier molecular flexibility index (Phi) is 9.35.